The third kappa shape index (κ3) is 3.50. The van der Waals surface area contributed by atoms with Crippen LogP contribution in [0.1, 0.15) is 38.3 Å². The first-order chi connectivity index (χ1) is 16.4. The van der Waals surface area contributed by atoms with Gasteiger partial charge in [-0.2, -0.15) is 4.98 Å². The van der Waals surface area contributed by atoms with Crippen molar-refractivity contribution in [3.05, 3.63) is 59.3 Å². The molecule has 1 unspecified atom stereocenters. The molecule has 0 fully saturated rings. The highest BCUT2D eigenvalue weighted by molar-refractivity contribution is 6.00. The maximum absolute atomic E-state index is 13.5. The first-order valence-electron chi connectivity index (χ1n) is 11.2. The van der Waals surface area contributed by atoms with Crippen LogP contribution >= 0.6 is 0 Å². The van der Waals surface area contributed by atoms with Gasteiger partial charge in [0.15, 0.2) is 23.1 Å². The Labute approximate surface area is 198 Å². The van der Waals surface area contributed by atoms with Crippen LogP contribution in [-0.2, 0) is 4.79 Å². The van der Waals surface area contributed by atoms with E-state index >= 15 is 0 Å². The summed E-state index contributed by atoms with van der Waals surface area (Å²) in [6.45, 7) is 4.22. The number of allylic oxidation sites excluding steroid dienone is 2. The summed E-state index contributed by atoms with van der Waals surface area (Å²) in [5.41, 5.74) is 2.98. The predicted molar refractivity (Wildman–Crippen MR) is 128 cm³/mol. The number of ketones is 1. The summed E-state index contributed by atoms with van der Waals surface area (Å²) in [5, 5.41) is 8.27. The number of fused-ring (bicyclic) bond motifs is 1. The van der Waals surface area contributed by atoms with Crippen molar-refractivity contribution in [3.63, 3.8) is 0 Å². The highest BCUT2D eigenvalue weighted by Crippen LogP contribution is 2.48. The molecule has 1 atom stereocenters. The number of carbonyl (C=O) groups is 1. The predicted octanol–water partition coefficient (Wildman–Crippen LogP) is 4.63. The highest BCUT2D eigenvalue weighted by Gasteiger charge is 2.43. The fourth-order valence-electron chi connectivity index (χ4n) is 4.97. The minimum atomic E-state index is -0.504. The number of ether oxygens (including phenoxy) is 3. The SMILES string of the molecule is COc1ccccc1-c1nc2n(n1)C(c1cccc(OC)c1OC)C1=C(CC(C)(C)CC1=O)N2. The van der Waals surface area contributed by atoms with Gasteiger partial charge in [0, 0.05) is 23.3 Å². The molecule has 2 heterocycles. The van der Waals surface area contributed by atoms with Crippen molar-refractivity contribution in [2.24, 2.45) is 5.41 Å². The van der Waals surface area contributed by atoms with Crippen LogP contribution in [-0.4, -0.2) is 41.9 Å². The average molecular weight is 461 g/mol. The number of methoxy groups -OCH3 is 3. The van der Waals surface area contributed by atoms with Gasteiger partial charge in [-0.1, -0.05) is 38.1 Å². The number of hydrogen-bond acceptors (Lipinski definition) is 7. The zero-order valence-corrected chi connectivity index (χ0v) is 20.0. The molecule has 34 heavy (non-hydrogen) atoms. The zero-order chi connectivity index (χ0) is 24.0. The first kappa shape index (κ1) is 22.0. The maximum atomic E-state index is 13.5. The Hall–Kier alpha value is -3.81. The quantitative estimate of drug-likeness (QED) is 0.594. The Morgan fingerprint density at radius 2 is 1.71 bits per heavy atom. The number of rotatable bonds is 5. The Morgan fingerprint density at radius 3 is 2.44 bits per heavy atom. The van der Waals surface area contributed by atoms with Crippen LogP contribution in [0.25, 0.3) is 11.4 Å². The van der Waals surface area contributed by atoms with Gasteiger partial charge in [0.05, 0.1) is 26.9 Å². The van der Waals surface area contributed by atoms with Gasteiger partial charge in [0.2, 0.25) is 5.95 Å². The molecule has 2 aliphatic rings. The van der Waals surface area contributed by atoms with E-state index in [-0.39, 0.29) is 11.2 Å². The van der Waals surface area contributed by atoms with Gasteiger partial charge >= 0.3 is 0 Å². The second-order valence-corrected chi connectivity index (χ2v) is 9.35. The van der Waals surface area contributed by atoms with E-state index in [0.717, 1.165) is 23.2 Å². The van der Waals surface area contributed by atoms with Gasteiger partial charge in [0.1, 0.15) is 11.8 Å². The number of nitrogens with one attached hydrogen (secondary N) is 1. The average Bonchev–Trinajstić information content (AvgIpc) is 3.24. The van der Waals surface area contributed by atoms with E-state index in [1.54, 1.807) is 26.0 Å². The summed E-state index contributed by atoms with van der Waals surface area (Å²) in [5.74, 6) is 3.01. The summed E-state index contributed by atoms with van der Waals surface area (Å²) in [7, 11) is 4.83. The number of hydrogen-bond donors (Lipinski definition) is 1. The van der Waals surface area contributed by atoms with Gasteiger partial charge in [-0.05, 0) is 30.0 Å². The molecule has 176 valence electrons. The number of nitrogens with zero attached hydrogens (tertiary/aromatic N) is 3. The van der Waals surface area contributed by atoms with Gasteiger partial charge in [0.25, 0.3) is 0 Å². The number of benzene rings is 2. The van der Waals surface area contributed by atoms with Crippen molar-refractivity contribution < 1.29 is 19.0 Å². The van der Waals surface area contributed by atoms with Crippen molar-refractivity contribution in [2.75, 3.05) is 26.6 Å². The topological polar surface area (TPSA) is 87.5 Å². The summed E-state index contributed by atoms with van der Waals surface area (Å²) in [6, 6.07) is 12.8. The standard InChI is InChI=1S/C26H28N4O4/c1-26(2)13-17-21(18(31)14-26)22(16-10-8-12-20(33-4)23(16)34-5)30-25(27-17)28-24(29-30)15-9-6-7-11-19(15)32-3/h6-12,22H,13-14H2,1-5H3,(H,27,28,29). The molecule has 1 aliphatic heterocycles. The van der Waals surface area contributed by atoms with Crippen LogP contribution in [0.3, 0.4) is 0 Å². The molecule has 0 amide bonds. The van der Waals surface area contributed by atoms with E-state index in [1.165, 1.54) is 0 Å². The monoisotopic (exact) mass is 460 g/mol. The first-order valence-corrected chi connectivity index (χ1v) is 11.2. The van der Waals surface area contributed by atoms with E-state index in [9.17, 15) is 4.79 Å². The van der Waals surface area contributed by atoms with Crippen molar-refractivity contribution in [1.82, 2.24) is 14.8 Å². The highest BCUT2D eigenvalue weighted by atomic mass is 16.5. The molecular weight excluding hydrogens is 432 g/mol. The van der Waals surface area contributed by atoms with E-state index in [0.29, 0.717) is 41.0 Å². The van der Waals surface area contributed by atoms with Crippen molar-refractivity contribution in [1.29, 1.82) is 0 Å². The fourth-order valence-corrected chi connectivity index (χ4v) is 4.97. The molecule has 0 bridgehead atoms. The second-order valence-electron chi connectivity index (χ2n) is 9.35. The summed E-state index contributed by atoms with van der Waals surface area (Å²) < 4.78 is 18.6. The van der Waals surface area contributed by atoms with Crippen LogP contribution in [0, 0.1) is 5.41 Å². The van der Waals surface area contributed by atoms with Gasteiger partial charge in [-0.3, -0.25) is 4.79 Å². The molecule has 0 spiro atoms. The smallest absolute Gasteiger partial charge is 0.226 e. The lowest BCUT2D eigenvalue weighted by atomic mass is 9.73. The number of para-hydroxylation sites is 2. The lowest BCUT2D eigenvalue weighted by Gasteiger charge is -2.38. The molecular formula is C26H28N4O4. The molecule has 8 heteroatoms. The number of Topliss-reactive ketones (excluding diaryl/α,β-unsaturated/α-hetero) is 1. The van der Waals surface area contributed by atoms with Gasteiger partial charge in [-0.15, -0.1) is 5.10 Å². The lowest BCUT2D eigenvalue weighted by molar-refractivity contribution is -0.118. The Bertz CT molecular complexity index is 1310. The van der Waals surface area contributed by atoms with E-state index < -0.39 is 6.04 Å². The fraction of sp³-hybridized carbons (Fsp3) is 0.346. The minimum Gasteiger partial charge on any atom is -0.496 e. The second kappa shape index (κ2) is 8.20. The van der Waals surface area contributed by atoms with Gasteiger partial charge < -0.3 is 19.5 Å². The Balaban J connectivity index is 1.74. The molecule has 1 aliphatic carbocycles. The zero-order valence-electron chi connectivity index (χ0n) is 20.0. The van der Waals surface area contributed by atoms with E-state index in [1.807, 2.05) is 42.5 Å². The molecule has 0 saturated carbocycles. The third-order valence-corrected chi connectivity index (χ3v) is 6.41. The minimum absolute atomic E-state index is 0.0913. The molecule has 2 aromatic carbocycles. The molecule has 1 N–H and O–H groups in total. The molecule has 5 rings (SSSR count). The summed E-state index contributed by atoms with van der Waals surface area (Å²) >= 11 is 0. The lowest BCUT2D eigenvalue weighted by Crippen LogP contribution is -2.36. The summed E-state index contributed by atoms with van der Waals surface area (Å²) in [6.07, 6.45) is 1.19. The number of anilines is 1. The third-order valence-electron chi connectivity index (χ3n) is 6.41. The van der Waals surface area contributed by atoms with Crippen LogP contribution < -0.4 is 19.5 Å². The Kier molecular flexibility index (Phi) is 5.31. The molecule has 8 nitrogen and oxygen atoms in total. The van der Waals surface area contributed by atoms with E-state index in [4.69, 9.17) is 24.3 Å². The van der Waals surface area contributed by atoms with Crippen molar-refractivity contribution in [2.45, 2.75) is 32.7 Å². The number of aromatic nitrogens is 3. The molecule has 1 aromatic heterocycles. The van der Waals surface area contributed by atoms with Gasteiger partial charge in [-0.25, -0.2) is 4.68 Å². The van der Waals surface area contributed by atoms with Crippen molar-refractivity contribution in [3.8, 4) is 28.6 Å². The van der Waals surface area contributed by atoms with Crippen LogP contribution in [0.4, 0.5) is 5.95 Å². The van der Waals surface area contributed by atoms with Crippen LogP contribution in [0.2, 0.25) is 0 Å². The number of carbonyl (C=O) groups excluding carboxylic acids is 1. The maximum Gasteiger partial charge on any atom is 0.226 e. The Morgan fingerprint density at radius 1 is 0.971 bits per heavy atom. The molecule has 0 radical (unpaired) electrons. The largest absolute Gasteiger partial charge is 0.496 e. The normalized spacial score (nSPS) is 18.6. The summed E-state index contributed by atoms with van der Waals surface area (Å²) in [4.78, 5) is 18.3. The van der Waals surface area contributed by atoms with Crippen LogP contribution in [0.5, 0.6) is 17.2 Å². The van der Waals surface area contributed by atoms with E-state index in [2.05, 4.69) is 19.2 Å². The van der Waals surface area contributed by atoms with Crippen molar-refractivity contribution >= 4 is 11.7 Å². The van der Waals surface area contributed by atoms with Crippen LogP contribution in [0.15, 0.2) is 53.7 Å². The molecule has 3 aromatic rings. The molecule has 0 saturated heterocycles.